The number of amides is 2. The predicted molar refractivity (Wildman–Crippen MR) is 92.1 cm³/mol. The third kappa shape index (κ3) is 4.92. The van der Waals surface area contributed by atoms with Crippen molar-refractivity contribution in [1.82, 2.24) is 15.6 Å². The summed E-state index contributed by atoms with van der Waals surface area (Å²) in [5, 5.41) is 5.87. The van der Waals surface area contributed by atoms with Crippen molar-refractivity contribution >= 4 is 11.8 Å². The highest BCUT2D eigenvalue weighted by atomic mass is 16.3. The summed E-state index contributed by atoms with van der Waals surface area (Å²) >= 11 is 0. The molecule has 1 aliphatic carbocycles. The molecule has 0 bridgehead atoms. The van der Waals surface area contributed by atoms with Crippen LogP contribution < -0.4 is 10.6 Å². The lowest BCUT2D eigenvalue weighted by atomic mass is 9.81. The zero-order valence-electron chi connectivity index (χ0n) is 14.1. The van der Waals surface area contributed by atoms with E-state index >= 15 is 0 Å². The first-order valence-electron chi connectivity index (χ1n) is 8.69. The topological polar surface area (TPSA) is 84.2 Å². The summed E-state index contributed by atoms with van der Waals surface area (Å²) in [5.41, 5.74) is 0.988. The predicted octanol–water partition coefficient (Wildman–Crippen LogP) is 2.41. The first kappa shape index (κ1) is 17.2. The van der Waals surface area contributed by atoms with Gasteiger partial charge >= 0.3 is 0 Å². The molecule has 2 heterocycles. The van der Waals surface area contributed by atoms with Crippen LogP contribution in [0, 0.1) is 11.8 Å². The molecule has 1 saturated carbocycles. The molecule has 1 fully saturated rings. The van der Waals surface area contributed by atoms with Crippen molar-refractivity contribution < 1.29 is 14.0 Å². The molecule has 25 heavy (non-hydrogen) atoms. The molecular weight excluding hydrogens is 318 g/mol. The second kappa shape index (κ2) is 8.46. The number of hydrogen-bond donors (Lipinski definition) is 2. The number of nitrogens with one attached hydrogen (secondary N) is 2. The van der Waals surface area contributed by atoms with Crippen LogP contribution in [0.1, 0.15) is 37.0 Å². The number of hydrogen-bond acceptors (Lipinski definition) is 4. The summed E-state index contributed by atoms with van der Waals surface area (Å²) in [7, 11) is 0. The summed E-state index contributed by atoms with van der Waals surface area (Å²) in [5.74, 6) is 0.837. The normalized spacial score (nSPS) is 20.0. The number of aromatic nitrogens is 1. The lowest BCUT2D eigenvalue weighted by molar-refractivity contribution is -0.130. The molecule has 6 nitrogen and oxygen atoms in total. The average molecular weight is 341 g/mol. The maximum absolute atomic E-state index is 12.3. The quantitative estimate of drug-likeness (QED) is 0.845. The zero-order chi connectivity index (χ0) is 17.5. The van der Waals surface area contributed by atoms with Crippen molar-refractivity contribution in [3.8, 4) is 0 Å². The van der Waals surface area contributed by atoms with E-state index in [0.717, 1.165) is 37.0 Å². The fourth-order valence-electron chi connectivity index (χ4n) is 3.19. The van der Waals surface area contributed by atoms with E-state index in [1.807, 2.05) is 18.2 Å². The van der Waals surface area contributed by atoms with Crippen LogP contribution in [0.2, 0.25) is 0 Å². The summed E-state index contributed by atoms with van der Waals surface area (Å²) in [6, 6.07) is 7.43. The Morgan fingerprint density at radius 1 is 1.00 bits per heavy atom. The van der Waals surface area contributed by atoms with Gasteiger partial charge in [0.1, 0.15) is 5.76 Å². The molecule has 0 aliphatic heterocycles. The summed E-state index contributed by atoms with van der Waals surface area (Å²) < 4.78 is 5.21. The van der Waals surface area contributed by atoms with E-state index in [-0.39, 0.29) is 23.7 Å². The number of furan rings is 1. The summed E-state index contributed by atoms with van der Waals surface area (Å²) in [4.78, 5) is 28.5. The van der Waals surface area contributed by atoms with Crippen LogP contribution in [0.3, 0.4) is 0 Å². The van der Waals surface area contributed by atoms with E-state index in [0.29, 0.717) is 13.1 Å². The Morgan fingerprint density at radius 3 is 2.24 bits per heavy atom. The van der Waals surface area contributed by atoms with E-state index in [1.54, 1.807) is 24.7 Å². The molecule has 2 amide bonds. The van der Waals surface area contributed by atoms with Gasteiger partial charge in [-0.2, -0.15) is 0 Å². The highest BCUT2D eigenvalue weighted by Crippen LogP contribution is 2.29. The van der Waals surface area contributed by atoms with Gasteiger partial charge in [-0.1, -0.05) is 6.07 Å². The van der Waals surface area contributed by atoms with Crippen LogP contribution in [0.4, 0.5) is 0 Å². The number of pyridine rings is 1. The molecule has 0 aromatic carbocycles. The van der Waals surface area contributed by atoms with Crippen molar-refractivity contribution in [2.45, 2.75) is 38.8 Å². The Hall–Kier alpha value is -2.63. The van der Waals surface area contributed by atoms with Crippen LogP contribution in [0.5, 0.6) is 0 Å². The third-order valence-corrected chi connectivity index (χ3v) is 4.68. The Labute approximate surface area is 147 Å². The highest BCUT2D eigenvalue weighted by molar-refractivity contribution is 5.81. The number of rotatable bonds is 6. The minimum Gasteiger partial charge on any atom is -0.467 e. The summed E-state index contributed by atoms with van der Waals surface area (Å²) in [6.45, 7) is 0.910. The number of carbonyl (C=O) groups is 2. The van der Waals surface area contributed by atoms with E-state index in [1.165, 1.54) is 0 Å². The average Bonchev–Trinajstić information content (AvgIpc) is 3.19. The molecule has 1 aliphatic rings. The molecular formula is C19H23N3O3. The number of carbonyl (C=O) groups excluding carboxylic acids is 2. The Bertz CT molecular complexity index is 677. The molecule has 0 radical (unpaired) electrons. The van der Waals surface area contributed by atoms with Gasteiger partial charge in [-0.25, -0.2) is 0 Å². The van der Waals surface area contributed by atoms with Gasteiger partial charge in [0.25, 0.3) is 0 Å². The van der Waals surface area contributed by atoms with Gasteiger partial charge in [0, 0.05) is 30.8 Å². The zero-order valence-corrected chi connectivity index (χ0v) is 14.1. The van der Waals surface area contributed by atoms with Gasteiger partial charge < -0.3 is 15.1 Å². The third-order valence-electron chi connectivity index (χ3n) is 4.68. The van der Waals surface area contributed by atoms with Gasteiger partial charge in [-0.05, 0) is 49.4 Å². The Morgan fingerprint density at radius 2 is 1.68 bits per heavy atom. The van der Waals surface area contributed by atoms with Crippen molar-refractivity contribution in [3.05, 3.63) is 54.2 Å². The SMILES string of the molecule is O=C(NCc1cccnc1)C1CCC(C(=O)NCc2ccco2)CC1. The molecule has 0 unspecified atom stereocenters. The van der Waals surface area contributed by atoms with Crippen molar-refractivity contribution in [1.29, 1.82) is 0 Å². The second-order valence-corrected chi connectivity index (χ2v) is 6.42. The lowest BCUT2D eigenvalue weighted by Gasteiger charge is -2.27. The Kier molecular flexibility index (Phi) is 5.82. The van der Waals surface area contributed by atoms with Gasteiger partial charge in [0.05, 0.1) is 12.8 Å². The smallest absolute Gasteiger partial charge is 0.223 e. The van der Waals surface area contributed by atoms with Gasteiger partial charge in [0.2, 0.25) is 11.8 Å². The van der Waals surface area contributed by atoms with Crippen molar-refractivity contribution in [2.75, 3.05) is 0 Å². The monoisotopic (exact) mass is 341 g/mol. The first-order chi connectivity index (χ1) is 12.2. The van der Waals surface area contributed by atoms with Gasteiger partial charge in [-0.15, -0.1) is 0 Å². The highest BCUT2D eigenvalue weighted by Gasteiger charge is 2.29. The van der Waals surface area contributed by atoms with Crippen LogP contribution in [-0.4, -0.2) is 16.8 Å². The molecule has 132 valence electrons. The fourth-order valence-corrected chi connectivity index (χ4v) is 3.19. The van der Waals surface area contributed by atoms with E-state index in [4.69, 9.17) is 4.42 Å². The van der Waals surface area contributed by atoms with Crippen LogP contribution in [-0.2, 0) is 22.7 Å². The van der Waals surface area contributed by atoms with E-state index in [2.05, 4.69) is 15.6 Å². The van der Waals surface area contributed by atoms with Gasteiger partial charge in [-0.3, -0.25) is 14.6 Å². The fraction of sp³-hybridized carbons (Fsp3) is 0.421. The summed E-state index contributed by atoms with van der Waals surface area (Å²) in [6.07, 6.45) is 8.04. The second-order valence-electron chi connectivity index (χ2n) is 6.42. The van der Waals surface area contributed by atoms with Crippen molar-refractivity contribution in [2.24, 2.45) is 11.8 Å². The Balaban J connectivity index is 1.38. The molecule has 0 spiro atoms. The molecule has 2 aromatic rings. The standard InChI is InChI=1S/C19H23N3O3/c23-18(21-12-14-3-1-9-20-11-14)15-5-7-16(8-6-15)19(24)22-13-17-4-2-10-25-17/h1-4,9-11,15-16H,5-8,12-13H2,(H,21,23)(H,22,24). The lowest BCUT2D eigenvalue weighted by Crippen LogP contribution is -2.37. The van der Waals surface area contributed by atoms with Crippen molar-refractivity contribution in [3.63, 3.8) is 0 Å². The number of nitrogens with zero attached hydrogens (tertiary/aromatic N) is 1. The molecule has 0 atom stereocenters. The first-order valence-corrected chi connectivity index (χ1v) is 8.69. The van der Waals surface area contributed by atoms with E-state index < -0.39 is 0 Å². The van der Waals surface area contributed by atoms with Crippen LogP contribution in [0.15, 0.2) is 47.3 Å². The molecule has 2 N–H and O–H groups in total. The van der Waals surface area contributed by atoms with Gasteiger partial charge in [0.15, 0.2) is 0 Å². The van der Waals surface area contributed by atoms with E-state index in [9.17, 15) is 9.59 Å². The van der Waals surface area contributed by atoms with Crippen LogP contribution >= 0.6 is 0 Å². The maximum atomic E-state index is 12.3. The molecule has 2 aromatic heterocycles. The maximum Gasteiger partial charge on any atom is 0.223 e. The molecule has 3 rings (SSSR count). The minimum atomic E-state index is -0.0164. The largest absolute Gasteiger partial charge is 0.467 e. The molecule has 0 saturated heterocycles. The minimum absolute atomic E-state index is 0.00852. The van der Waals surface area contributed by atoms with Crippen LogP contribution in [0.25, 0.3) is 0 Å². The molecule has 6 heteroatoms.